The number of benzene rings is 1. The minimum absolute atomic E-state index is 0.0401. The zero-order valence-corrected chi connectivity index (χ0v) is 14.0. The van der Waals surface area contributed by atoms with Gasteiger partial charge in [-0.05, 0) is 38.0 Å². The summed E-state index contributed by atoms with van der Waals surface area (Å²) < 4.78 is 5.49. The first-order chi connectivity index (χ1) is 11.0. The molecule has 2 heterocycles. The number of carbonyl (C=O) groups is 2. The van der Waals surface area contributed by atoms with Crippen LogP contribution in [0.25, 0.3) is 0 Å². The van der Waals surface area contributed by atoms with Crippen molar-refractivity contribution >= 4 is 17.5 Å². The third kappa shape index (κ3) is 3.11. The number of morpholine rings is 1. The first-order valence-electron chi connectivity index (χ1n) is 8.24. The summed E-state index contributed by atoms with van der Waals surface area (Å²) in [7, 11) is 0. The molecule has 0 aliphatic carbocycles. The molecule has 3 rings (SSSR count). The molecule has 1 aromatic carbocycles. The van der Waals surface area contributed by atoms with Crippen molar-refractivity contribution < 1.29 is 14.3 Å². The number of hydrogen-bond donors (Lipinski definition) is 0. The quantitative estimate of drug-likeness (QED) is 0.837. The molecule has 124 valence electrons. The van der Waals surface area contributed by atoms with Gasteiger partial charge in [-0.25, -0.2) is 0 Å². The summed E-state index contributed by atoms with van der Waals surface area (Å²) >= 11 is 0. The van der Waals surface area contributed by atoms with E-state index in [0.29, 0.717) is 32.7 Å². The molecule has 2 saturated heterocycles. The van der Waals surface area contributed by atoms with E-state index in [1.165, 1.54) is 0 Å². The van der Waals surface area contributed by atoms with Crippen molar-refractivity contribution in [2.45, 2.75) is 33.3 Å². The van der Waals surface area contributed by atoms with Gasteiger partial charge in [0.1, 0.15) is 0 Å². The molecule has 0 aromatic heterocycles. The maximum Gasteiger partial charge on any atom is 0.228 e. The minimum atomic E-state index is -0.243. The van der Waals surface area contributed by atoms with Crippen LogP contribution in [0, 0.1) is 19.8 Å². The second-order valence-electron chi connectivity index (χ2n) is 6.59. The third-order valence-corrected chi connectivity index (χ3v) is 4.89. The van der Waals surface area contributed by atoms with E-state index in [9.17, 15) is 9.59 Å². The minimum Gasteiger partial charge on any atom is -0.375 e. The number of hydrogen-bond acceptors (Lipinski definition) is 3. The van der Waals surface area contributed by atoms with Gasteiger partial charge in [0.2, 0.25) is 11.8 Å². The van der Waals surface area contributed by atoms with E-state index < -0.39 is 0 Å². The Bertz CT molecular complexity index is 629. The van der Waals surface area contributed by atoms with Crippen molar-refractivity contribution in [3.8, 4) is 0 Å². The highest BCUT2D eigenvalue weighted by Gasteiger charge is 2.38. The van der Waals surface area contributed by atoms with Gasteiger partial charge in [0.25, 0.3) is 0 Å². The Morgan fingerprint density at radius 3 is 2.78 bits per heavy atom. The highest BCUT2D eigenvalue weighted by Crippen LogP contribution is 2.30. The van der Waals surface area contributed by atoms with Crippen LogP contribution < -0.4 is 4.90 Å². The second kappa shape index (κ2) is 6.32. The lowest BCUT2D eigenvalue weighted by atomic mass is 10.1. The predicted octanol–water partition coefficient (Wildman–Crippen LogP) is 1.90. The molecule has 1 aromatic rings. The fraction of sp³-hybridized carbons (Fsp3) is 0.556. The van der Waals surface area contributed by atoms with Gasteiger partial charge >= 0.3 is 0 Å². The smallest absolute Gasteiger partial charge is 0.228 e. The standard InChI is InChI=1S/C18H24N2O3/c1-12-5-4-6-16(14(12)3)20-11-15(9-17(20)21)18(22)19-7-8-23-13(2)10-19/h4-6,13,15H,7-11H2,1-3H3/t13-,15+/m0/s1. The lowest BCUT2D eigenvalue weighted by Crippen LogP contribution is -2.47. The van der Waals surface area contributed by atoms with Gasteiger partial charge in [-0.1, -0.05) is 12.1 Å². The van der Waals surface area contributed by atoms with Gasteiger partial charge in [0.15, 0.2) is 0 Å². The van der Waals surface area contributed by atoms with Crippen LogP contribution in [-0.2, 0) is 14.3 Å². The van der Waals surface area contributed by atoms with Crippen LogP contribution in [0.4, 0.5) is 5.69 Å². The molecular weight excluding hydrogens is 292 g/mol. The molecule has 5 nitrogen and oxygen atoms in total. The van der Waals surface area contributed by atoms with Crippen LogP contribution in [0.5, 0.6) is 0 Å². The van der Waals surface area contributed by atoms with E-state index in [0.717, 1.165) is 16.8 Å². The van der Waals surface area contributed by atoms with E-state index >= 15 is 0 Å². The average molecular weight is 316 g/mol. The molecule has 0 spiro atoms. The van der Waals surface area contributed by atoms with Gasteiger partial charge in [0.05, 0.1) is 18.6 Å². The van der Waals surface area contributed by atoms with Gasteiger partial charge in [-0.15, -0.1) is 0 Å². The van der Waals surface area contributed by atoms with E-state index in [1.807, 2.05) is 43.9 Å². The Labute approximate surface area is 137 Å². The number of aryl methyl sites for hydroxylation is 1. The monoisotopic (exact) mass is 316 g/mol. The van der Waals surface area contributed by atoms with Crippen LogP contribution in [-0.4, -0.2) is 49.1 Å². The molecule has 2 atom stereocenters. The predicted molar refractivity (Wildman–Crippen MR) is 88.4 cm³/mol. The molecule has 0 bridgehead atoms. The Kier molecular flexibility index (Phi) is 4.39. The van der Waals surface area contributed by atoms with E-state index in [1.54, 1.807) is 4.90 Å². The Balaban J connectivity index is 1.74. The SMILES string of the molecule is Cc1cccc(N2C[C@H](C(=O)N3CCO[C@@H](C)C3)CC2=O)c1C. The fourth-order valence-electron chi connectivity index (χ4n) is 3.41. The van der Waals surface area contributed by atoms with E-state index in [4.69, 9.17) is 4.74 Å². The molecule has 5 heteroatoms. The third-order valence-electron chi connectivity index (χ3n) is 4.89. The van der Waals surface area contributed by atoms with Crippen molar-refractivity contribution in [1.82, 2.24) is 4.90 Å². The zero-order valence-electron chi connectivity index (χ0n) is 14.0. The maximum atomic E-state index is 12.7. The summed E-state index contributed by atoms with van der Waals surface area (Å²) in [5, 5.41) is 0. The zero-order chi connectivity index (χ0) is 16.6. The topological polar surface area (TPSA) is 49.9 Å². The van der Waals surface area contributed by atoms with Gasteiger partial charge < -0.3 is 14.5 Å². The first-order valence-corrected chi connectivity index (χ1v) is 8.24. The molecule has 2 fully saturated rings. The summed E-state index contributed by atoms with van der Waals surface area (Å²) in [6.07, 6.45) is 0.373. The van der Waals surface area contributed by atoms with Crippen LogP contribution >= 0.6 is 0 Å². The van der Waals surface area contributed by atoms with Crippen LogP contribution in [0.2, 0.25) is 0 Å². The van der Waals surface area contributed by atoms with Gasteiger partial charge in [-0.3, -0.25) is 9.59 Å². The molecule has 0 N–H and O–H groups in total. The normalized spacial score (nSPS) is 25.1. The molecule has 0 radical (unpaired) electrons. The van der Waals surface area contributed by atoms with Crippen LogP contribution in [0.1, 0.15) is 24.5 Å². The second-order valence-corrected chi connectivity index (χ2v) is 6.59. The molecule has 2 amide bonds. The van der Waals surface area contributed by atoms with Crippen molar-refractivity contribution in [3.05, 3.63) is 29.3 Å². The highest BCUT2D eigenvalue weighted by molar-refractivity contribution is 6.00. The Hall–Kier alpha value is -1.88. The number of rotatable bonds is 2. The van der Waals surface area contributed by atoms with Crippen molar-refractivity contribution in [3.63, 3.8) is 0 Å². The molecule has 23 heavy (non-hydrogen) atoms. The maximum absolute atomic E-state index is 12.7. The summed E-state index contributed by atoms with van der Waals surface area (Å²) in [6, 6.07) is 5.96. The molecule has 2 aliphatic heterocycles. The molecule has 2 aliphatic rings. The highest BCUT2D eigenvalue weighted by atomic mass is 16.5. The average Bonchev–Trinajstić information content (AvgIpc) is 2.91. The summed E-state index contributed by atoms with van der Waals surface area (Å²) in [5.74, 6) is -0.118. The van der Waals surface area contributed by atoms with Crippen LogP contribution in [0.3, 0.4) is 0 Å². The molecular formula is C18H24N2O3. The van der Waals surface area contributed by atoms with Crippen molar-refractivity contribution in [1.29, 1.82) is 0 Å². The lowest BCUT2D eigenvalue weighted by Gasteiger charge is -2.32. The number of anilines is 1. The Morgan fingerprint density at radius 2 is 2.04 bits per heavy atom. The number of nitrogens with zero attached hydrogens (tertiary/aromatic N) is 2. The number of carbonyl (C=O) groups excluding carboxylic acids is 2. The number of ether oxygens (including phenoxy) is 1. The molecule has 0 saturated carbocycles. The first kappa shape index (κ1) is 16.0. The largest absolute Gasteiger partial charge is 0.375 e. The fourth-order valence-corrected chi connectivity index (χ4v) is 3.41. The summed E-state index contributed by atoms with van der Waals surface area (Å²) in [4.78, 5) is 28.8. The van der Waals surface area contributed by atoms with E-state index in [2.05, 4.69) is 0 Å². The lowest BCUT2D eigenvalue weighted by molar-refractivity contribution is -0.142. The van der Waals surface area contributed by atoms with E-state index in [-0.39, 0.29) is 23.8 Å². The van der Waals surface area contributed by atoms with Gasteiger partial charge in [0, 0.05) is 31.7 Å². The Morgan fingerprint density at radius 1 is 1.26 bits per heavy atom. The summed E-state index contributed by atoms with van der Waals surface area (Å²) in [6.45, 7) is 8.34. The molecule has 0 unspecified atom stereocenters. The summed E-state index contributed by atoms with van der Waals surface area (Å²) in [5.41, 5.74) is 3.20. The van der Waals surface area contributed by atoms with Crippen LogP contribution in [0.15, 0.2) is 18.2 Å². The van der Waals surface area contributed by atoms with Crippen molar-refractivity contribution in [2.75, 3.05) is 31.1 Å². The number of amides is 2. The van der Waals surface area contributed by atoms with Crippen molar-refractivity contribution in [2.24, 2.45) is 5.92 Å². The van der Waals surface area contributed by atoms with Gasteiger partial charge in [-0.2, -0.15) is 0 Å².